The van der Waals surface area contributed by atoms with E-state index >= 15 is 0 Å². The van der Waals surface area contributed by atoms with Gasteiger partial charge in [-0.3, -0.25) is 0 Å². The number of hydrogen-bond donors (Lipinski definition) is 2. The van der Waals surface area contributed by atoms with Crippen LogP contribution in [0.15, 0.2) is 41.8 Å². The number of benzene rings is 1. The number of hydrogen-bond acceptors (Lipinski definition) is 4. The number of aromatic nitrogens is 3. The standard InChI is InChI=1S/C19H15N5S/c1-11-5-7-13(8-6-11)24-19-16(12(2)23-24)17(15-4-3-9-25-15)14(10-20)18(21)22-19/h3-9H,1-2H3,(H2,21,22,23)/p+1. The van der Waals surface area contributed by atoms with Gasteiger partial charge in [0, 0.05) is 10.4 Å². The van der Waals surface area contributed by atoms with E-state index < -0.39 is 0 Å². The summed E-state index contributed by atoms with van der Waals surface area (Å²) in [5.41, 5.74) is 11.2. The molecule has 0 radical (unpaired) electrons. The number of aromatic amines is 1. The molecule has 4 aromatic rings. The first-order chi connectivity index (χ1) is 12.1. The monoisotopic (exact) mass is 346 g/mol. The van der Waals surface area contributed by atoms with E-state index in [2.05, 4.69) is 35.2 Å². The average Bonchev–Trinajstić information content (AvgIpc) is 3.23. The van der Waals surface area contributed by atoms with Crippen LogP contribution >= 0.6 is 11.3 Å². The Morgan fingerprint density at radius 3 is 2.60 bits per heavy atom. The van der Waals surface area contributed by atoms with E-state index in [-0.39, 0.29) is 5.82 Å². The molecule has 5 nitrogen and oxygen atoms in total. The Labute approximate surface area is 149 Å². The summed E-state index contributed by atoms with van der Waals surface area (Å²) in [6.07, 6.45) is 0. The zero-order chi connectivity index (χ0) is 17.6. The van der Waals surface area contributed by atoms with Crippen molar-refractivity contribution in [1.29, 1.82) is 5.26 Å². The van der Waals surface area contributed by atoms with E-state index in [1.54, 1.807) is 11.3 Å². The molecule has 0 amide bonds. The van der Waals surface area contributed by atoms with Gasteiger partial charge in [-0.25, -0.2) is 5.10 Å². The molecule has 3 heterocycles. The smallest absolute Gasteiger partial charge is 0.359 e. The molecule has 0 aliphatic carbocycles. The van der Waals surface area contributed by atoms with Crippen molar-refractivity contribution >= 4 is 28.2 Å². The first kappa shape index (κ1) is 15.4. The molecular weight excluding hydrogens is 330 g/mol. The second-order valence-corrected chi connectivity index (χ2v) is 6.89. The number of thiophene rings is 1. The van der Waals surface area contributed by atoms with Gasteiger partial charge < -0.3 is 5.73 Å². The quantitative estimate of drug-likeness (QED) is 0.544. The first-order valence-electron chi connectivity index (χ1n) is 7.85. The molecule has 0 aliphatic rings. The number of anilines is 1. The lowest BCUT2D eigenvalue weighted by Crippen LogP contribution is -2.33. The fourth-order valence-electron chi connectivity index (χ4n) is 3.05. The van der Waals surface area contributed by atoms with Crippen molar-refractivity contribution in [1.82, 2.24) is 10.1 Å². The van der Waals surface area contributed by atoms with Crippen LogP contribution in [-0.4, -0.2) is 10.1 Å². The van der Waals surface area contributed by atoms with E-state index in [1.165, 1.54) is 5.56 Å². The summed E-state index contributed by atoms with van der Waals surface area (Å²) in [6, 6.07) is 14.4. The van der Waals surface area contributed by atoms with Gasteiger partial charge in [-0.1, -0.05) is 23.8 Å². The van der Waals surface area contributed by atoms with Crippen LogP contribution in [0.1, 0.15) is 16.8 Å². The minimum atomic E-state index is 0.248. The molecule has 0 aliphatic heterocycles. The minimum Gasteiger partial charge on any atom is -0.362 e. The second-order valence-electron chi connectivity index (χ2n) is 5.94. The van der Waals surface area contributed by atoms with Gasteiger partial charge in [0.2, 0.25) is 0 Å². The number of rotatable bonds is 2. The van der Waals surface area contributed by atoms with Crippen molar-refractivity contribution in [3.63, 3.8) is 0 Å². The Morgan fingerprint density at radius 2 is 1.96 bits per heavy atom. The fraction of sp³-hybridized carbons (Fsp3) is 0.105. The Hall–Kier alpha value is -3.17. The molecule has 4 rings (SSSR count). The van der Waals surface area contributed by atoms with E-state index in [0.29, 0.717) is 5.56 Å². The van der Waals surface area contributed by atoms with E-state index in [0.717, 1.165) is 32.9 Å². The molecule has 0 saturated heterocycles. The topological polar surface area (TPSA) is 82.4 Å². The molecule has 0 fully saturated rings. The SMILES string of the molecule is Cc1ccc(-[n+]2[nH]c(C)c3c(-c4cccs4)c(C#N)c(N)nc32)cc1. The molecule has 25 heavy (non-hydrogen) atoms. The molecule has 0 unspecified atom stereocenters. The number of nitrogens with one attached hydrogen (secondary N) is 1. The third kappa shape index (κ3) is 2.37. The highest BCUT2D eigenvalue weighted by atomic mass is 32.1. The van der Waals surface area contributed by atoms with Crippen molar-refractivity contribution in [2.75, 3.05) is 5.73 Å². The summed E-state index contributed by atoms with van der Waals surface area (Å²) < 4.78 is 1.92. The van der Waals surface area contributed by atoms with Crippen LogP contribution in [0.2, 0.25) is 0 Å². The molecular formula is C19H16N5S+. The highest BCUT2D eigenvalue weighted by Gasteiger charge is 2.28. The summed E-state index contributed by atoms with van der Waals surface area (Å²) >= 11 is 1.59. The van der Waals surface area contributed by atoms with Crippen LogP contribution < -0.4 is 10.4 Å². The first-order valence-corrected chi connectivity index (χ1v) is 8.73. The van der Waals surface area contributed by atoms with Gasteiger partial charge in [-0.15, -0.1) is 16.0 Å². The molecule has 122 valence electrons. The van der Waals surface area contributed by atoms with Crippen LogP contribution in [0, 0.1) is 25.2 Å². The number of aryl methyl sites for hydroxylation is 2. The van der Waals surface area contributed by atoms with Gasteiger partial charge in [0.1, 0.15) is 17.0 Å². The summed E-state index contributed by atoms with van der Waals surface area (Å²) in [7, 11) is 0. The number of H-pyrrole nitrogens is 1. The molecule has 3 aromatic heterocycles. The maximum Gasteiger partial charge on any atom is 0.359 e. The largest absolute Gasteiger partial charge is 0.362 e. The fourth-order valence-corrected chi connectivity index (χ4v) is 3.83. The predicted octanol–water partition coefficient (Wildman–Crippen LogP) is 3.64. The maximum atomic E-state index is 9.62. The van der Waals surface area contributed by atoms with Gasteiger partial charge in [-0.05, 0) is 42.4 Å². The van der Waals surface area contributed by atoms with Crippen LogP contribution in [0.3, 0.4) is 0 Å². The molecule has 0 bridgehead atoms. The zero-order valence-corrected chi connectivity index (χ0v) is 14.7. The lowest BCUT2D eigenvalue weighted by Gasteiger charge is -2.02. The average molecular weight is 346 g/mol. The lowest BCUT2D eigenvalue weighted by atomic mass is 10.0. The number of nitriles is 1. The van der Waals surface area contributed by atoms with Crippen molar-refractivity contribution in [2.24, 2.45) is 0 Å². The normalized spacial score (nSPS) is 10.9. The highest BCUT2D eigenvalue weighted by molar-refractivity contribution is 7.13. The van der Waals surface area contributed by atoms with E-state index in [1.807, 2.05) is 41.3 Å². The number of nitrogens with two attached hydrogens (primary N) is 1. The Balaban J connectivity index is 2.11. The summed E-state index contributed by atoms with van der Waals surface area (Å²) in [5.74, 6) is 0.248. The van der Waals surface area contributed by atoms with Gasteiger partial charge >= 0.3 is 5.65 Å². The van der Waals surface area contributed by atoms with Crippen LogP contribution in [0.4, 0.5) is 5.82 Å². The third-order valence-electron chi connectivity index (χ3n) is 4.24. The highest BCUT2D eigenvalue weighted by Crippen LogP contribution is 2.36. The van der Waals surface area contributed by atoms with Crippen molar-refractivity contribution in [2.45, 2.75) is 13.8 Å². The molecule has 6 heteroatoms. The van der Waals surface area contributed by atoms with Gasteiger partial charge in [0.05, 0.1) is 5.69 Å². The zero-order valence-electron chi connectivity index (χ0n) is 13.9. The number of nitrogens with zero attached hydrogens (tertiary/aromatic N) is 3. The van der Waals surface area contributed by atoms with Crippen molar-refractivity contribution in [3.8, 4) is 22.2 Å². The van der Waals surface area contributed by atoms with Crippen molar-refractivity contribution < 1.29 is 4.68 Å². The molecule has 0 saturated carbocycles. The maximum absolute atomic E-state index is 9.62. The minimum absolute atomic E-state index is 0.248. The Kier molecular flexibility index (Phi) is 3.52. The summed E-state index contributed by atoms with van der Waals surface area (Å²) in [5, 5.41) is 15.9. The molecule has 3 N–H and O–H groups in total. The summed E-state index contributed by atoms with van der Waals surface area (Å²) in [6.45, 7) is 4.04. The van der Waals surface area contributed by atoms with Gasteiger partial charge in [0.25, 0.3) is 5.82 Å². The van der Waals surface area contributed by atoms with Crippen molar-refractivity contribution in [3.05, 3.63) is 58.6 Å². The molecule has 0 spiro atoms. The number of pyridine rings is 1. The van der Waals surface area contributed by atoms with E-state index in [4.69, 9.17) is 5.73 Å². The number of fused-ring (bicyclic) bond motifs is 1. The van der Waals surface area contributed by atoms with Gasteiger partial charge in [0.15, 0.2) is 5.69 Å². The third-order valence-corrected chi connectivity index (χ3v) is 5.13. The molecule has 1 aromatic carbocycles. The van der Waals surface area contributed by atoms with Crippen LogP contribution in [-0.2, 0) is 0 Å². The Morgan fingerprint density at radius 1 is 1.20 bits per heavy atom. The molecule has 0 atom stereocenters. The number of nitrogen functional groups attached to an aromatic ring is 1. The second kappa shape index (κ2) is 5.72. The van der Waals surface area contributed by atoms with Crippen LogP contribution in [0.5, 0.6) is 0 Å². The van der Waals surface area contributed by atoms with Gasteiger partial charge in [-0.2, -0.15) is 5.26 Å². The Bertz CT molecular complexity index is 1120. The predicted molar refractivity (Wildman–Crippen MR) is 99.5 cm³/mol. The van der Waals surface area contributed by atoms with Crippen LogP contribution in [0.25, 0.3) is 27.2 Å². The lowest BCUT2D eigenvalue weighted by molar-refractivity contribution is -0.632. The van der Waals surface area contributed by atoms with E-state index in [9.17, 15) is 5.26 Å². The summed E-state index contributed by atoms with van der Waals surface area (Å²) in [4.78, 5) is 5.54.